The van der Waals surface area contributed by atoms with Crippen molar-refractivity contribution >= 4 is 17.6 Å². The second-order valence-corrected chi connectivity index (χ2v) is 4.95. The fourth-order valence-electron chi connectivity index (χ4n) is 1.58. The van der Waals surface area contributed by atoms with Crippen molar-refractivity contribution in [3.05, 3.63) is 29.8 Å². The molecule has 29 heavy (non-hydrogen) atoms. The maximum Gasteiger partial charge on any atom is 0.527 e. The van der Waals surface area contributed by atoms with Crippen molar-refractivity contribution in [3.63, 3.8) is 0 Å². The van der Waals surface area contributed by atoms with Gasteiger partial charge in [0, 0.05) is 5.69 Å². The Morgan fingerprint density at radius 3 is 1.79 bits per heavy atom. The lowest BCUT2D eigenvalue weighted by molar-refractivity contribution is -0.523. The smallest absolute Gasteiger partial charge is 0.462 e. The van der Waals surface area contributed by atoms with Crippen molar-refractivity contribution < 1.29 is 63.3 Å². The van der Waals surface area contributed by atoms with Crippen LogP contribution < -0.4 is 5.32 Å². The third kappa shape index (κ3) is 6.77. The van der Waals surface area contributed by atoms with Gasteiger partial charge in [0.15, 0.2) is 0 Å². The lowest BCUT2D eigenvalue weighted by Gasteiger charge is -2.28. The fraction of sp³-hybridized carbons (Fsp3) is 0.429. The Morgan fingerprint density at radius 2 is 1.34 bits per heavy atom. The highest BCUT2D eigenvalue weighted by atomic mass is 19.4. The molecule has 6 nitrogen and oxygen atoms in total. The first-order valence-electron chi connectivity index (χ1n) is 7.20. The molecule has 0 radical (unpaired) electrons. The van der Waals surface area contributed by atoms with Gasteiger partial charge in [0.1, 0.15) is 0 Å². The second-order valence-electron chi connectivity index (χ2n) is 4.95. The molecule has 15 heteroatoms. The van der Waals surface area contributed by atoms with Gasteiger partial charge < -0.3 is 10.1 Å². The maximum absolute atomic E-state index is 13.4. The molecule has 1 amide bonds. The van der Waals surface area contributed by atoms with Crippen LogP contribution >= 0.6 is 0 Å². The summed E-state index contributed by atoms with van der Waals surface area (Å²) in [7, 11) is 0. The average molecular weight is 443 g/mol. The van der Waals surface area contributed by atoms with Crippen LogP contribution in [0.15, 0.2) is 24.3 Å². The molecule has 0 bridgehead atoms. The van der Waals surface area contributed by atoms with Gasteiger partial charge in [-0.2, -0.15) is 26.3 Å². The number of benzene rings is 1. The van der Waals surface area contributed by atoms with E-state index in [2.05, 4.69) is 9.47 Å². The predicted octanol–water partition coefficient (Wildman–Crippen LogP) is 4.13. The number of hydrogen-bond donors (Lipinski definition) is 1. The monoisotopic (exact) mass is 443 g/mol. The summed E-state index contributed by atoms with van der Waals surface area (Å²) in [6.45, 7) is 1.51. The van der Waals surface area contributed by atoms with E-state index in [1.807, 2.05) is 0 Å². The number of carbonyl (C=O) groups is 2. The maximum atomic E-state index is 13.4. The van der Waals surface area contributed by atoms with Gasteiger partial charge in [-0.1, -0.05) is 0 Å². The van der Waals surface area contributed by atoms with Gasteiger partial charge in [-0.25, -0.2) is 14.3 Å². The number of anilines is 1. The summed E-state index contributed by atoms with van der Waals surface area (Å²) in [6, 6.07) is 3.65. The van der Waals surface area contributed by atoms with Crippen LogP contribution in [-0.4, -0.2) is 43.2 Å². The number of esters is 1. The summed E-state index contributed by atoms with van der Waals surface area (Å²) in [6.07, 6.45) is -25.1. The van der Waals surface area contributed by atoms with Gasteiger partial charge in [0.2, 0.25) is 0 Å². The van der Waals surface area contributed by atoms with Crippen LogP contribution in [0, 0.1) is 0 Å². The van der Waals surface area contributed by atoms with Crippen LogP contribution in [0.25, 0.3) is 0 Å². The van der Waals surface area contributed by atoms with E-state index in [0.29, 0.717) is 0 Å². The Kier molecular flexibility index (Phi) is 7.13. The molecule has 164 valence electrons. The SMILES string of the molecule is CCOC(=O)c1ccc(NC(=O)C(F)(F)OC(F)(F)C(F)(F)OC(F)(F)F)cc1. The lowest BCUT2D eigenvalue weighted by atomic mass is 10.2. The van der Waals surface area contributed by atoms with Crippen molar-refractivity contribution in [1.82, 2.24) is 0 Å². The molecule has 0 unspecified atom stereocenters. The van der Waals surface area contributed by atoms with Gasteiger partial charge >= 0.3 is 36.6 Å². The Morgan fingerprint density at radius 1 is 0.862 bits per heavy atom. The number of carbonyl (C=O) groups excluding carboxylic acids is 2. The molecular weight excluding hydrogens is 433 g/mol. The number of ether oxygens (including phenoxy) is 3. The van der Waals surface area contributed by atoms with Gasteiger partial charge in [0.25, 0.3) is 0 Å². The van der Waals surface area contributed by atoms with E-state index in [9.17, 15) is 49.1 Å². The lowest BCUT2D eigenvalue weighted by Crippen LogP contribution is -2.53. The molecule has 0 saturated heterocycles. The van der Waals surface area contributed by atoms with Crippen molar-refractivity contribution in [1.29, 1.82) is 0 Å². The molecule has 0 aliphatic carbocycles. The minimum Gasteiger partial charge on any atom is -0.462 e. The molecule has 0 aliphatic heterocycles. The molecule has 1 aromatic rings. The summed E-state index contributed by atoms with van der Waals surface area (Å²) in [5.74, 6) is -3.53. The third-order valence-corrected chi connectivity index (χ3v) is 2.76. The van der Waals surface area contributed by atoms with E-state index in [0.717, 1.165) is 24.3 Å². The Labute approximate surface area is 155 Å². The average Bonchev–Trinajstić information content (AvgIpc) is 2.52. The van der Waals surface area contributed by atoms with E-state index in [1.165, 1.54) is 12.2 Å². The number of halogens is 9. The van der Waals surface area contributed by atoms with Gasteiger partial charge in [-0.05, 0) is 31.2 Å². The molecule has 0 atom stereocenters. The number of hydrogen-bond acceptors (Lipinski definition) is 5. The van der Waals surface area contributed by atoms with Crippen LogP contribution in [0.5, 0.6) is 0 Å². The number of rotatable bonds is 8. The third-order valence-electron chi connectivity index (χ3n) is 2.76. The highest BCUT2D eigenvalue weighted by Crippen LogP contribution is 2.43. The van der Waals surface area contributed by atoms with Crippen LogP contribution in [0.2, 0.25) is 0 Å². The summed E-state index contributed by atoms with van der Waals surface area (Å²) >= 11 is 0. The number of amides is 1. The van der Waals surface area contributed by atoms with Gasteiger partial charge in [-0.15, -0.1) is 13.2 Å². The van der Waals surface area contributed by atoms with Crippen molar-refractivity contribution in [3.8, 4) is 0 Å². The van der Waals surface area contributed by atoms with E-state index in [-0.39, 0.29) is 12.2 Å². The fourth-order valence-corrected chi connectivity index (χ4v) is 1.58. The van der Waals surface area contributed by atoms with Crippen molar-refractivity contribution in [2.24, 2.45) is 0 Å². The first-order valence-corrected chi connectivity index (χ1v) is 7.20. The molecular formula is C14H10F9NO5. The molecule has 0 spiro atoms. The minimum absolute atomic E-state index is 0.0117. The summed E-state index contributed by atoms with van der Waals surface area (Å²) in [5.41, 5.74) is -0.601. The molecule has 0 fully saturated rings. The minimum atomic E-state index is -6.57. The zero-order chi connectivity index (χ0) is 22.7. The summed E-state index contributed by atoms with van der Waals surface area (Å²) in [4.78, 5) is 22.7. The Balaban J connectivity index is 2.88. The molecule has 1 N–H and O–H groups in total. The molecule has 0 heterocycles. The standard InChI is InChI=1S/C14H10F9NO5/c1-2-27-9(25)7-3-5-8(6-4-7)24-10(26)11(15,16)28-12(17,18)13(19,20)29-14(21,22)23/h3-6H,2H2,1H3,(H,24,26). The van der Waals surface area contributed by atoms with E-state index < -0.39 is 42.3 Å². The second kappa shape index (κ2) is 8.44. The van der Waals surface area contributed by atoms with E-state index in [4.69, 9.17) is 0 Å². The molecule has 0 aliphatic rings. The molecule has 1 aromatic carbocycles. The van der Waals surface area contributed by atoms with Crippen LogP contribution in [0.4, 0.5) is 45.2 Å². The quantitative estimate of drug-likeness (QED) is 0.483. The van der Waals surface area contributed by atoms with Crippen LogP contribution in [0.3, 0.4) is 0 Å². The number of alkyl halides is 9. The molecule has 0 saturated carbocycles. The highest BCUT2D eigenvalue weighted by Gasteiger charge is 2.69. The zero-order valence-electron chi connectivity index (χ0n) is 14.0. The zero-order valence-corrected chi connectivity index (χ0v) is 14.0. The van der Waals surface area contributed by atoms with Crippen LogP contribution in [-0.2, 0) is 19.0 Å². The van der Waals surface area contributed by atoms with Crippen molar-refractivity contribution in [2.75, 3.05) is 11.9 Å². The van der Waals surface area contributed by atoms with Gasteiger partial charge in [0.05, 0.1) is 12.2 Å². The van der Waals surface area contributed by atoms with Crippen molar-refractivity contribution in [2.45, 2.75) is 31.6 Å². The summed E-state index contributed by atoms with van der Waals surface area (Å²) < 4.78 is 122. The number of nitrogens with one attached hydrogen (secondary N) is 1. The normalized spacial score (nSPS) is 13.2. The van der Waals surface area contributed by atoms with E-state index in [1.54, 1.807) is 4.74 Å². The largest absolute Gasteiger partial charge is 0.527 e. The topological polar surface area (TPSA) is 73.9 Å². The molecule has 1 rings (SSSR count). The summed E-state index contributed by atoms with van der Waals surface area (Å²) in [5, 5.41) is 1.30. The van der Waals surface area contributed by atoms with Crippen LogP contribution in [0.1, 0.15) is 17.3 Å². The predicted molar refractivity (Wildman–Crippen MR) is 74.1 cm³/mol. The first kappa shape index (κ1) is 24.5. The van der Waals surface area contributed by atoms with Gasteiger partial charge in [-0.3, -0.25) is 4.79 Å². The molecule has 0 aromatic heterocycles. The first-order chi connectivity index (χ1) is 13.0. The Hall–Kier alpha value is -2.55. The Bertz CT molecular complexity index is 734. The van der Waals surface area contributed by atoms with E-state index >= 15 is 0 Å². The highest BCUT2D eigenvalue weighted by molar-refractivity contribution is 5.96.